The summed E-state index contributed by atoms with van der Waals surface area (Å²) in [5, 5.41) is 2.90. The predicted octanol–water partition coefficient (Wildman–Crippen LogP) is 3.11. The number of carbonyl (C=O) groups excluding carboxylic acids is 1. The lowest BCUT2D eigenvalue weighted by Gasteiger charge is -2.27. The molecular weight excluding hydrogens is 342 g/mol. The molecule has 1 amide bonds. The monoisotopic (exact) mass is 363 g/mol. The van der Waals surface area contributed by atoms with Gasteiger partial charge in [0.25, 0.3) is 5.91 Å². The molecule has 3 aromatic rings. The highest BCUT2D eigenvalue weighted by Gasteiger charge is 2.17. The molecule has 0 unspecified atom stereocenters. The number of morpholine rings is 1. The van der Waals surface area contributed by atoms with Crippen LogP contribution in [0.2, 0.25) is 0 Å². The van der Waals surface area contributed by atoms with Crippen molar-refractivity contribution in [3.05, 3.63) is 72.3 Å². The number of amides is 1. The van der Waals surface area contributed by atoms with Crippen molar-refractivity contribution in [1.82, 2.24) is 10.3 Å². The first-order chi connectivity index (χ1) is 13.3. The number of ether oxygens (including phenoxy) is 1. The van der Waals surface area contributed by atoms with Crippen LogP contribution in [-0.2, 0) is 11.3 Å². The molecule has 0 radical (unpaired) electrons. The number of pyridine rings is 1. The summed E-state index contributed by atoms with van der Waals surface area (Å²) in [5.74, 6) is 1.01. The fourth-order valence-electron chi connectivity index (χ4n) is 3.09. The van der Waals surface area contributed by atoms with Crippen LogP contribution in [0, 0.1) is 0 Å². The number of nitrogens with one attached hydrogen (secondary N) is 1. The highest BCUT2D eigenvalue weighted by Crippen LogP contribution is 2.24. The summed E-state index contributed by atoms with van der Waals surface area (Å²) >= 11 is 0. The molecule has 0 spiro atoms. The number of nitrogens with zero attached hydrogens (tertiary/aromatic N) is 2. The van der Waals surface area contributed by atoms with Gasteiger partial charge in [0.2, 0.25) is 0 Å². The first-order valence-electron chi connectivity index (χ1n) is 9.00. The van der Waals surface area contributed by atoms with Crippen LogP contribution in [0.15, 0.2) is 65.4 Å². The van der Waals surface area contributed by atoms with E-state index in [9.17, 15) is 4.79 Å². The van der Waals surface area contributed by atoms with Gasteiger partial charge in [0.15, 0.2) is 5.76 Å². The second-order valence-corrected chi connectivity index (χ2v) is 6.34. The van der Waals surface area contributed by atoms with Gasteiger partial charge in [0, 0.05) is 31.4 Å². The molecule has 1 saturated heterocycles. The van der Waals surface area contributed by atoms with E-state index in [2.05, 4.69) is 15.2 Å². The van der Waals surface area contributed by atoms with Crippen molar-refractivity contribution < 1.29 is 13.9 Å². The van der Waals surface area contributed by atoms with E-state index in [-0.39, 0.29) is 5.91 Å². The van der Waals surface area contributed by atoms with E-state index in [0.29, 0.717) is 12.3 Å². The zero-order valence-corrected chi connectivity index (χ0v) is 14.9. The molecule has 3 heterocycles. The number of hydrogen-bond acceptors (Lipinski definition) is 5. The van der Waals surface area contributed by atoms with Gasteiger partial charge in [-0.25, -0.2) is 4.98 Å². The van der Waals surface area contributed by atoms with Crippen LogP contribution in [0.5, 0.6) is 0 Å². The number of rotatable bonds is 5. The number of furan rings is 1. The lowest BCUT2D eigenvalue weighted by atomic mass is 10.1. The van der Waals surface area contributed by atoms with Crippen LogP contribution in [0.1, 0.15) is 16.1 Å². The molecular formula is C21H21N3O3. The van der Waals surface area contributed by atoms with Crippen molar-refractivity contribution in [2.24, 2.45) is 0 Å². The summed E-state index contributed by atoms with van der Waals surface area (Å²) in [7, 11) is 0. The number of hydrogen-bond donors (Lipinski definition) is 1. The Hall–Kier alpha value is -3.12. The summed E-state index contributed by atoms with van der Waals surface area (Å²) in [6, 6.07) is 15.5. The Kier molecular flexibility index (Phi) is 5.16. The molecule has 27 heavy (non-hydrogen) atoms. The first-order valence-corrected chi connectivity index (χ1v) is 9.00. The molecule has 0 saturated carbocycles. The fourth-order valence-corrected chi connectivity index (χ4v) is 3.09. The van der Waals surface area contributed by atoms with Crippen molar-refractivity contribution in [2.45, 2.75) is 6.54 Å². The number of aromatic nitrogens is 1. The lowest BCUT2D eigenvalue weighted by Crippen LogP contribution is -2.36. The molecule has 0 atom stereocenters. The summed E-state index contributed by atoms with van der Waals surface area (Å²) in [5.41, 5.74) is 2.68. The van der Waals surface area contributed by atoms with Crippen molar-refractivity contribution in [3.8, 4) is 11.1 Å². The van der Waals surface area contributed by atoms with Crippen LogP contribution < -0.4 is 10.2 Å². The van der Waals surface area contributed by atoms with Gasteiger partial charge in [-0.1, -0.05) is 36.4 Å². The summed E-state index contributed by atoms with van der Waals surface area (Å²) in [6.45, 7) is 3.55. The SMILES string of the molecule is O=C(NCc1ccc(N2CCOCC2)nc1)c1occc1-c1ccccc1. The summed E-state index contributed by atoms with van der Waals surface area (Å²) < 4.78 is 10.8. The van der Waals surface area contributed by atoms with E-state index >= 15 is 0 Å². The maximum absolute atomic E-state index is 12.5. The van der Waals surface area contributed by atoms with Crippen LogP contribution in [0.4, 0.5) is 5.82 Å². The van der Waals surface area contributed by atoms with Crippen LogP contribution in [0.3, 0.4) is 0 Å². The van der Waals surface area contributed by atoms with E-state index in [1.807, 2.05) is 48.5 Å². The van der Waals surface area contributed by atoms with E-state index in [1.165, 1.54) is 6.26 Å². The van der Waals surface area contributed by atoms with Gasteiger partial charge in [-0.3, -0.25) is 4.79 Å². The summed E-state index contributed by atoms with van der Waals surface area (Å²) in [4.78, 5) is 19.2. The minimum absolute atomic E-state index is 0.240. The molecule has 0 aliphatic carbocycles. The van der Waals surface area contributed by atoms with Crippen LogP contribution in [-0.4, -0.2) is 37.2 Å². The molecule has 1 aliphatic heterocycles. The molecule has 1 aliphatic rings. The van der Waals surface area contributed by atoms with Crippen LogP contribution >= 0.6 is 0 Å². The molecule has 138 valence electrons. The third-order valence-corrected chi connectivity index (χ3v) is 4.55. The number of carbonyl (C=O) groups is 1. The predicted molar refractivity (Wildman–Crippen MR) is 103 cm³/mol. The minimum Gasteiger partial charge on any atom is -0.459 e. The average Bonchev–Trinajstić information content (AvgIpc) is 3.24. The minimum atomic E-state index is -0.240. The fraction of sp³-hybridized carbons (Fsp3) is 0.238. The van der Waals surface area contributed by atoms with Gasteiger partial charge < -0.3 is 19.4 Å². The van der Waals surface area contributed by atoms with Crippen molar-refractivity contribution in [2.75, 3.05) is 31.2 Å². The maximum Gasteiger partial charge on any atom is 0.287 e. The van der Waals surface area contributed by atoms with Gasteiger partial charge in [-0.2, -0.15) is 0 Å². The maximum atomic E-state index is 12.5. The molecule has 4 rings (SSSR count). The second-order valence-electron chi connectivity index (χ2n) is 6.34. The highest BCUT2D eigenvalue weighted by atomic mass is 16.5. The van der Waals surface area contributed by atoms with Crippen LogP contribution in [0.25, 0.3) is 11.1 Å². The first kappa shape index (κ1) is 17.3. The largest absolute Gasteiger partial charge is 0.459 e. The van der Waals surface area contributed by atoms with Crippen molar-refractivity contribution in [3.63, 3.8) is 0 Å². The normalized spacial score (nSPS) is 14.1. The Balaban J connectivity index is 1.39. The highest BCUT2D eigenvalue weighted by molar-refractivity contribution is 5.98. The Labute approximate surface area is 157 Å². The topological polar surface area (TPSA) is 67.6 Å². The van der Waals surface area contributed by atoms with Gasteiger partial charge in [0.1, 0.15) is 5.82 Å². The molecule has 1 fully saturated rings. The zero-order chi connectivity index (χ0) is 18.5. The van der Waals surface area contributed by atoms with Crippen molar-refractivity contribution >= 4 is 11.7 Å². The van der Waals surface area contributed by atoms with Gasteiger partial charge in [-0.15, -0.1) is 0 Å². The Morgan fingerprint density at radius 3 is 2.63 bits per heavy atom. The lowest BCUT2D eigenvalue weighted by molar-refractivity contribution is 0.0924. The molecule has 1 aromatic carbocycles. The molecule has 2 aromatic heterocycles. The second kappa shape index (κ2) is 8.05. The Morgan fingerprint density at radius 2 is 1.89 bits per heavy atom. The molecule has 6 heteroatoms. The van der Waals surface area contributed by atoms with Crippen molar-refractivity contribution in [1.29, 1.82) is 0 Å². The van der Waals surface area contributed by atoms with Gasteiger partial charge >= 0.3 is 0 Å². The van der Waals surface area contributed by atoms with E-state index in [0.717, 1.165) is 48.8 Å². The quantitative estimate of drug-likeness (QED) is 0.754. The number of benzene rings is 1. The molecule has 1 N–H and O–H groups in total. The Bertz CT molecular complexity index is 885. The number of anilines is 1. The van der Waals surface area contributed by atoms with Gasteiger partial charge in [0.05, 0.1) is 19.5 Å². The van der Waals surface area contributed by atoms with E-state index in [4.69, 9.17) is 9.15 Å². The zero-order valence-electron chi connectivity index (χ0n) is 14.9. The molecule has 0 bridgehead atoms. The van der Waals surface area contributed by atoms with E-state index < -0.39 is 0 Å². The third kappa shape index (κ3) is 4.01. The molecule has 6 nitrogen and oxygen atoms in total. The third-order valence-electron chi connectivity index (χ3n) is 4.55. The van der Waals surface area contributed by atoms with Gasteiger partial charge in [-0.05, 0) is 23.3 Å². The summed E-state index contributed by atoms with van der Waals surface area (Å²) in [6.07, 6.45) is 3.33. The standard InChI is InChI=1S/C21H21N3O3/c25-21(20-18(8-11-27-20)17-4-2-1-3-5-17)23-15-16-6-7-19(22-14-16)24-9-12-26-13-10-24/h1-8,11,14H,9-10,12-13,15H2,(H,23,25). The average molecular weight is 363 g/mol. The van der Waals surface area contributed by atoms with E-state index in [1.54, 1.807) is 6.20 Å². The Morgan fingerprint density at radius 1 is 1.07 bits per heavy atom. The smallest absolute Gasteiger partial charge is 0.287 e.